The van der Waals surface area contributed by atoms with E-state index in [0.717, 1.165) is 16.9 Å². The van der Waals surface area contributed by atoms with Gasteiger partial charge in [0.1, 0.15) is 5.15 Å². The molecule has 0 fully saturated rings. The zero-order chi connectivity index (χ0) is 17.1. The van der Waals surface area contributed by atoms with E-state index in [1.54, 1.807) is 10.7 Å². The molecule has 3 aromatic rings. The number of hydrazone groups is 1. The molecule has 1 amide bonds. The first kappa shape index (κ1) is 16.4. The Balaban J connectivity index is 1.80. The summed E-state index contributed by atoms with van der Waals surface area (Å²) in [5.41, 5.74) is 5.93. The summed E-state index contributed by atoms with van der Waals surface area (Å²) in [5, 5.41) is 10.7. The van der Waals surface area contributed by atoms with Gasteiger partial charge in [0, 0.05) is 0 Å². The maximum atomic E-state index is 11.9. The van der Waals surface area contributed by atoms with Crippen molar-refractivity contribution in [3.8, 4) is 5.69 Å². The summed E-state index contributed by atoms with van der Waals surface area (Å²) in [7, 11) is 0. The predicted octanol–water partition coefficient (Wildman–Crippen LogP) is 3.97. The monoisotopic (exact) mass is 358 g/mol. The molecule has 1 aromatic carbocycles. The van der Waals surface area contributed by atoms with Crippen LogP contribution in [-0.4, -0.2) is 21.9 Å². The van der Waals surface area contributed by atoms with Crippen LogP contribution in [-0.2, 0) is 0 Å². The highest BCUT2D eigenvalue weighted by atomic mass is 35.5. The molecule has 0 unspecified atom stereocenters. The molecule has 0 spiro atoms. The number of amides is 1. The molecule has 1 N–H and O–H groups in total. The van der Waals surface area contributed by atoms with Crippen molar-refractivity contribution in [2.75, 3.05) is 0 Å². The lowest BCUT2D eigenvalue weighted by Gasteiger charge is -2.03. The Kier molecular flexibility index (Phi) is 4.78. The highest BCUT2D eigenvalue weighted by Gasteiger charge is 2.13. The van der Waals surface area contributed by atoms with Gasteiger partial charge in [0.25, 0.3) is 5.91 Å². The van der Waals surface area contributed by atoms with Gasteiger partial charge in [-0.2, -0.15) is 10.2 Å². The summed E-state index contributed by atoms with van der Waals surface area (Å²) in [4.78, 5) is 12.5. The first-order valence-electron chi connectivity index (χ1n) is 7.25. The number of hydrogen-bond acceptors (Lipinski definition) is 4. The number of benzene rings is 1. The molecule has 24 heavy (non-hydrogen) atoms. The van der Waals surface area contributed by atoms with Crippen molar-refractivity contribution in [3.05, 3.63) is 68.6 Å². The Bertz CT molecular complexity index is 882. The number of carbonyl (C=O) groups excluding carboxylic acids is 1. The average molecular weight is 359 g/mol. The van der Waals surface area contributed by atoms with E-state index in [2.05, 4.69) is 15.6 Å². The van der Waals surface area contributed by atoms with Gasteiger partial charge in [0.15, 0.2) is 0 Å². The summed E-state index contributed by atoms with van der Waals surface area (Å²) in [5.74, 6) is -0.249. The number of aromatic nitrogens is 2. The second-order valence-corrected chi connectivity index (χ2v) is 6.52. The number of nitrogens with zero attached hydrogens (tertiary/aromatic N) is 3. The Labute approximate surface area is 148 Å². The van der Waals surface area contributed by atoms with Crippen molar-refractivity contribution in [1.29, 1.82) is 0 Å². The number of rotatable bonds is 4. The van der Waals surface area contributed by atoms with Gasteiger partial charge < -0.3 is 0 Å². The molecule has 0 saturated carbocycles. The lowest BCUT2D eigenvalue weighted by atomic mass is 10.2. The van der Waals surface area contributed by atoms with Crippen LogP contribution >= 0.6 is 22.9 Å². The zero-order valence-corrected chi connectivity index (χ0v) is 14.7. The molecular weight excluding hydrogens is 344 g/mol. The van der Waals surface area contributed by atoms with Crippen LogP contribution in [0.15, 0.2) is 46.9 Å². The molecule has 0 radical (unpaired) electrons. The molecule has 122 valence electrons. The van der Waals surface area contributed by atoms with Gasteiger partial charge in [-0.15, -0.1) is 11.3 Å². The fourth-order valence-electron chi connectivity index (χ4n) is 2.13. The van der Waals surface area contributed by atoms with E-state index in [0.29, 0.717) is 15.6 Å². The number of aryl methyl sites for hydroxylation is 2. The molecule has 0 saturated heterocycles. The van der Waals surface area contributed by atoms with Gasteiger partial charge in [-0.3, -0.25) is 4.79 Å². The summed E-state index contributed by atoms with van der Waals surface area (Å²) in [6.07, 6.45) is 1.51. The second-order valence-electron chi connectivity index (χ2n) is 5.21. The van der Waals surface area contributed by atoms with E-state index < -0.39 is 0 Å². The largest absolute Gasteiger partial charge is 0.281 e. The maximum absolute atomic E-state index is 11.9. The van der Waals surface area contributed by atoms with Gasteiger partial charge in [-0.25, -0.2) is 10.1 Å². The third-order valence-corrected chi connectivity index (χ3v) is 4.66. The van der Waals surface area contributed by atoms with Crippen molar-refractivity contribution in [2.24, 2.45) is 5.10 Å². The topological polar surface area (TPSA) is 59.3 Å². The van der Waals surface area contributed by atoms with Crippen LogP contribution in [0.4, 0.5) is 0 Å². The number of nitrogens with one attached hydrogen (secondary N) is 1. The standard InChI is InChI=1S/C17H15ClN4OS/c1-11-5-7-13(8-6-11)22-16(18)14(12(2)21-22)10-19-20-17(23)15-4-3-9-24-15/h3-10H,1-2H3,(H,20,23)/b19-10-. The van der Waals surface area contributed by atoms with Crippen LogP contribution < -0.4 is 5.43 Å². The minimum atomic E-state index is -0.249. The quantitative estimate of drug-likeness (QED) is 0.566. The Morgan fingerprint density at radius 1 is 1.29 bits per heavy atom. The molecule has 0 aliphatic rings. The number of thiophene rings is 1. The molecule has 0 aliphatic heterocycles. The van der Waals surface area contributed by atoms with E-state index in [1.807, 2.05) is 49.6 Å². The Hall–Kier alpha value is -2.44. The van der Waals surface area contributed by atoms with Crippen molar-refractivity contribution in [1.82, 2.24) is 15.2 Å². The minimum absolute atomic E-state index is 0.249. The first-order valence-corrected chi connectivity index (χ1v) is 8.51. The van der Waals surface area contributed by atoms with Crippen LogP contribution in [0.1, 0.15) is 26.5 Å². The van der Waals surface area contributed by atoms with E-state index in [-0.39, 0.29) is 5.91 Å². The second kappa shape index (κ2) is 6.98. The molecule has 3 rings (SSSR count). The zero-order valence-electron chi connectivity index (χ0n) is 13.2. The third-order valence-electron chi connectivity index (χ3n) is 3.43. The third kappa shape index (κ3) is 3.39. The highest BCUT2D eigenvalue weighted by Crippen LogP contribution is 2.22. The van der Waals surface area contributed by atoms with Crippen LogP contribution in [0.2, 0.25) is 5.15 Å². The van der Waals surface area contributed by atoms with Crippen molar-refractivity contribution >= 4 is 35.1 Å². The lowest BCUT2D eigenvalue weighted by Crippen LogP contribution is -2.16. The summed E-state index contributed by atoms with van der Waals surface area (Å²) >= 11 is 7.78. The van der Waals surface area contributed by atoms with Crippen LogP contribution in [0, 0.1) is 13.8 Å². The van der Waals surface area contributed by atoms with E-state index >= 15 is 0 Å². The van der Waals surface area contributed by atoms with E-state index in [4.69, 9.17) is 11.6 Å². The van der Waals surface area contributed by atoms with Crippen molar-refractivity contribution in [2.45, 2.75) is 13.8 Å². The van der Waals surface area contributed by atoms with Gasteiger partial charge in [-0.05, 0) is 37.4 Å². The molecule has 2 aromatic heterocycles. The fourth-order valence-corrected chi connectivity index (χ4v) is 3.07. The summed E-state index contributed by atoms with van der Waals surface area (Å²) in [6.45, 7) is 3.87. The molecule has 2 heterocycles. The van der Waals surface area contributed by atoms with Crippen LogP contribution in [0.5, 0.6) is 0 Å². The van der Waals surface area contributed by atoms with Gasteiger partial charge >= 0.3 is 0 Å². The smallest absolute Gasteiger partial charge is 0.266 e. The maximum Gasteiger partial charge on any atom is 0.281 e. The Morgan fingerprint density at radius 2 is 2.04 bits per heavy atom. The van der Waals surface area contributed by atoms with E-state index in [9.17, 15) is 4.79 Å². The molecule has 0 aliphatic carbocycles. The predicted molar refractivity (Wildman–Crippen MR) is 97.4 cm³/mol. The van der Waals surface area contributed by atoms with Gasteiger partial charge in [-0.1, -0.05) is 35.4 Å². The minimum Gasteiger partial charge on any atom is -0.266 e. The molecule has 7 heteroatoms. The van der Waals surface area contributed by atoms with E-state index in [1.165, 1.54) is 17.6 Å². The molecule has 0 bridgehead atoms. The first-order chi connectivity index (χ1) is 11.6. The normalized spacial score (nSPS) is 11.1. The summed E-state index contributed by atoms with van der Waals surface area (Å²) < 4.78 is 1.65. The summed E-state index contributed by atoms with van der Waals surface area (Å²) in [6, 6.07) is 11.5. The van der Waals surface area contributed by atoms with Crippen LogP contribution in [0.3, 0.4) is 0 Å². The number of halogens is 1. The average Bonchev–Trinajstić information content (AvgIpc) is 3.19. The van der Waals surface area contributed by atoms with Gasteiger partial charge in [0.2, 0.25) is 0 Å². The Morgan fingerprint density at radius 3 is 2.71 bits per heavy atom. The SMILES string of the molecule is Cc1ccc(-n2nc(C)c(/C=N\NC(=O)c3cccs3)c2Cl)cc1. The lowest BCUT2D eigenvalue weighted by molar-refractivity contribution is 0.0959. The highest BCUT2D eigenvalue weighted by molar-refractivity contribution is 7.12. The van der Waals surface area contributed by atoms with Crippen molar-refractivity contribution < 1.29 is 4.79 Å². The molecule has 0 atom stereocenters. The molecular formula is C17H15ClN4OS. The number of carbonyl (C=O) groups is 1. The fraction of sp³-hybridized carbons (Fsp3) is 0.118. The van der Waals surface area contributed by atoms with Crippen LogP contribution in [0.25, 0.3) is 5.69 Å². The van der Waals surface area contributed by atoms with Crippen molar-refractivity contribution in [3.63, 3.8) is 0 Å². The number of hydrogen-bond donors (Lipinski definition) is 1. The molecule has 5 nitrogen and oxygen atoms in total. The van der Waals surface area contributed by atoms with Gasteiger partial charge in [0.05, 0.1) is 28.0 Å².